The highest BCUT2D eigenvalue weighted by Crippen LogP contribution is 2.29. The Bertz CT molecular complexity index is 870. The number of aromatic nitrogens is 2. The lowest BCUT2D eigenvalue weighted by atomic mass is 10.2. The van der Waals surface area contributed by atoms with Crippen molar-refractivity contribution in [2.24, 2.45) is 0 Å². The molecule has 2 aromatic heterocycles. The topological polar surface area (TPSA) is 72.9 Å². The van der Waals surface area contributed by atoms with Crippen molar-refractivity contribution in [3.8, 4) is 5.69 Å². The molecule has 1 aromatic carbocycles. The van der Waals surface area contributed by atoms with Crippen LogP contribution in [0, 0.1) is 0 Å². The Kier molecular flexibility index (Phi) is 4.04. The third-order valence-electron chi connectivity index (χ3n) is 3.29. The number of halogens is 1. The van der Waals surface area contributed by atoms with E-state index >= 15 is 0 Å². The molecule has 7 heteroatoms. The summed E-state index contributed by atoms with van der Waals surface area (Å²) in [6.45, 7) is 2.85. The summed E-state index contributed by atoms with van der Waals surface area (Å²) >= 11 is 7.25. The molecule has 2 heterocycles. The maximum absolute atomic E-state index is 12.7. The number of hydrogen-bond donors (Lipinski definition) is 2. The van der Waals surface area contributed by atoms with Gasteiger partial charge in [0.2, 0.25) is 0 Å². The molecule has 0 saturated carbocycles. The van der Waals surface area contributed by atoms with E-state index in [2.05, 4.69) is 17.3 Å². The number of nitrogens with zero attached hydrogens (tertiary/aromatic N) is 2. The van der Waals surface area contributed by atoms with E-state index in [9.17, 15) is 4.79 Å². The van der Waals surface area contributed by atoms with E-state index in [1.165, 1.54) is 16.0 Å². The number of fused-ring (bicyclic) bond motifs is 1. The van der Waals surface area contributed by atoms with E-state index in [0.717, 1.165) is 18.4 Å². The Balaban J connectivity index is 2.25. The van der Waals surface area contributed by atoms with Crippen LogP contribution in [-0.2, 0) is 0 Å². The molecule has 22 heavy (non-hydrogen) atoms. The summed E-state index contributed by atoms with van der Waals surface area (Å²) in [6, 6.07) is 6.97. The monoisotopic (exact) mass is 334 g/mol. The molecule has 0 aliphatic heterocycles. The molecule has 0 aliphatic rings. The van der Waals surface area contributed by atoms with Crippen molar-refractivity contribution in [1.29, 1.82) is 0 Å². The number of nitrogens with two attached hydrogens (primary N) is 1. The lowest BCUT2D eigenvalue weighted by molar-refractivity contribution is 0.818. The van der Waals surface area contributed by atoms with Crippen molar-refractivity contribution in [2.75, 3.05) is 17.6 Å². The molecule has 0 aliphatic carbocycles. The summed E-state index contributed by atoms with van der Waals surface area (Å²) in [5, 5.41) is 12.0. The van der Waals surface area contributed by atoms with Gasteiger partial charge in [0.1, 0.15) is 0 Å². The average Bonchev–Trinajstić information content (AvgIpc) is 2.90. The molecule has 3 N–H and O–H groups in total. The third-order valence-corrected chi connectivity index (χ3v) is 4.36. The summed E-state index contributed by atoms with van der Waals surface area (Å²) in [5.41, 5.74) is 6.40. The van der Waals surface area contributed by atoms with Crippen LogP contribution in [0.4, 0.5) is 10.8 Å². The number of anilines is 2. The number of hydrogen-bond acceptors (Lipinski definition) is 5. The highest BCUT2D eigenvalue weighted by molar-refractivity contribution is 7.15. The molecule has 0 bridgehead atoms. The zero-order chi connectivity index (χ0) is 15.7. The highest BCUT2D eigenvalue weighted by Gasteiger charge is 2.15. The largest absolute Gasteiger partial charge is 0.390 e. The zero-order valence-electron chi connectivity index (χ0n) is 12.0. The van der Waals surface area contributed by atoms with E-state index < -0.39 is 0 Å². The Morgan fingerprint density at radius 2 is 2.09 bits per heavy atom. The number of thiophene rings is 1. The molecule has 0 fully saturated rings. The second-order valence-corrected chi connectivity index (χ2v) is 6.21. The molecule has 3 rings (SSSR count). The normalized spacial score (nSPS) is 11.0. The molecule has 0 atom stereocenters. The van der Waals surface area contributed by atoms with Crippen LogP contribution in [0.5, 0.6) is 0 Å². The Hall–Kier alpha value is -2.05. The van der Waals surface area contributed by atoms with Crippen molar-refractivity contribution < 1.29 is 0 Å². The predicted molar refractivity (Wildman–Crippen MR) is 93.4 cm³/mol. The van der Waals surface area contributed by atoms with Gasteiger partial charge in [-0.2, -0.15) is 4.68 Å². The first-order chi connectivity index (χ1) is 10.6. The van der Waals surface area contributed by atoms with Crippen molar-refractivity contribution in [3.63, 3.8) is 0 Å². The van der Waals surface area contributed by atoms with Gasteiger partial charge in [0.25, 0.3) is 5.56 Å². The van der Waals surface area contributed by atoms with Gasteiger partial charge in [0, 0.05) is 22.3 Å². The van der Waals surface area contributed by atoms with Gasteiger partial charge >= 0.3 is 0 Å². The van der Waals surface area contributed by atoms with E-state index in [1.807, 2.05) is 5.38 Å². The number of nitrogen functional groups attached to an aromatic ring is 1. The van der Waals surface area contributed by atoms with Crippen LogP contribution >= 0.6 is 22.9 Å². The van der Waals surface area contributed by atoms with Crippen LogP contribution in [0.25, 0.3) is 16.5 Å². The van der Waals surface area contributed by atoms with Crippen LogP contribution < -0.4 is 16.6 Å². The van der Waals surface area contributed by atoms with E-state index in [1.54, 1.807) is 24.3 Å². The molecule has 0 amide bonds. The number of benzene rings is 1. The smallest absolute Gasteiger partial charge is 0.282 e. The lowest BCUT2D eigenvalue weighted by Crippen LogP contribution is -2.23. The maximum Gasteiger partial charge on any atom is 0.282 e. The van der Waals surface area contributed by atoms with Crippen molar-refractivity contribution in [2.45, 2.75) is 13.3 Å². The number of nitrogens with one attached hydrogen (secondary N) is 1. The predicted octanol–water partition coefficient (Wildman–Crippen LogP) is 3.50. The summed E-state index contributed by atoms with van der Waals surface area (Å²) in [5.74, 6) is 0.666. The third kappa shape index (κ3) is 2.55. The zero-order valence-corrected chi connectivity index (χ0v) is 13.5. The fourth-order valence-corrected chi connectivity index (χ4v) is 3.12. The molecular weight excluding hydrogens is 320 g/mol. The maximum atomic E-state index is 12.7. The van der Waals surface area contributed by atoms with Crippen LogP contribution in [0.3, 0.4) is 0 Å². The van der Waals surface area contributed by atoms with Crippen molar-refractivity contribution in [1.82, 2.24) is 9.78 Å². The summed E-state index contributed by atoms with van der Waals surface area (Å²) in [6.07, 6.45) is 0.961. The lowest BCUT2D eigenvalue weighted by Gasteiger charge is -2.10. The van der Waals surface area contributed by atoms with Gasteiger partial charge in [-0.15, -0.1) is 16.4 Å². The summed E-state index contributed by atoms with van der Waals surface area (Å²) in [4.78, 5) is 12.7. The molecule has 5 nitrogen and oxygen atoms in total. The molecule has 0 spiro atoms. The first-order valence-corrected chi connectivity index (χ1v) is 8.17. The van der Waals surface area contributed by atoms with Crippen LogP contribution in [0.1, 0.15) is 13.3 Å². The van der Waals surface area contributed by atoms with E-state index in [4.69, 9.17) is 17.3 Å². The minimum Gasteiger partial charge on any atom is -0.390 e. The molecule has 0 saturated heterocycles. The minimum absolute atomic E-state index is 0.224. The first kappa shape index (κ1) is 14.9. The second kappa shape index (κ2) is 5.98. The van der Waals surface area contributed by atoms with Gasteiger partial charge in [-0.25, -0.2) is 0 Å². The van der Waals surface area contributed by atoms with Gasteiger partial charge in [-0.1, -0.05) is 18.5 Å². The first-order valence-electron chi connectivity index (χ1n) is 6.91. The van der Waals surface area contributed by atoms with Crippen LogP contribution in [0.2, 0.25) is 5.02 Å². The Morgan fingerprint density at radius 1 is 1.36 bits per heavy atom. The highest BCUT2D eigenvalue weighted by atomic mass is 35.5. The fraction of sp³-hybridized carbons (Fsp3) is 0.200. The van der Waals surface area contributed by atoms with Gasteiger partial charge in [-0.3, -0.25) is 4.79 Å². The second-order valence-electron chi connectivity index (χ2n) is 4.86. The Morgan fingerprint density at radius 3 is 2.77 bits per heavy atom. The fourth-order valence-electron chi connectivity index (χ4n) is 2.20. The number of rotatable bonds is 4. The Labute approximate surface area is 136 Å². The van der Waals surface area contributed by atoms with Crippen LogP contribution in [0.15, 0.2) is 34.4 Å². The van der Waals surface area contributed by atoms with E-state index in [-0.39, 0.29) is 5.56 Å². The molecular formula is C15H15ClN4OS. The molecule has 114 valence electrons. The van der Waals surface area contributed by atoms with Crippen molar-refractivity contribution >= 4 is 44.5 Å². The van der Waals surface area contributed by atoms with Gasteiger partial charge in [-0.05, 0) is 30.7 Å². The molecule has 0 radical (unpaired) electrons. The minimum atomic E-state index is -0.224. The van der Waals surface area contributed by atoms with Gasteiger partial charge in [0.15, 0.2) is 5.82 Å². The summed E-state index contributed by atoms with van der Waals surface area (Å²) < 4.78 is 1.36. The molecule has 3 aromatic rings. The van der Waals surface area contributed by atoms with Crippen molar-refractivity contribution in [3.05, 3.63) is 45.0 Å². The molecule has 0 unspecified atom stereocenters. The summed E-state index contributed by atoms with van der Waals surface area (Å²) in [7, 11) is 0. The van der Waals surface area contributed by atoms with Gasteiger partial charge in [0.05, 0.1) is 16.1 Å². The van der Waals surface area contributed by atoms with Gasteiger partial charge < -0.3 is 11.1 Å². The SMILES string of the molecule is CCCNc1nn(-c2ccc(Cl)cc2)c(=O)c2c(N)scc12. The quantitative estimate of drug-likeness (QED) is 0.765. The van der Waals surface area contributed by atoms with E-state index in [0.29, 0.717) is 26.9 Å². The average molecular weight is 335 g/mol. The van der Waals surface area contributed by atoms with Crippen LogP contribution in [-0.4, -0.2) is 16.3 Å². The standard InChI is InChI=1S/C15H15ClN4OS/c1-2-7-18-14-11-8-22-13(17)12(11)15(21)20(19-14)10-5-3-9(16)4-6-10/h3-6,8H,2,7,17H2,1H3,(H,18,19).